The Morgan fingerprint density at radius 2 is 1.77 bits per heavy atom. The van der Waals surface area contributed by atoms with Gasteiger partial charge in [-0.2, -0.15) is 5.26 Å². The number of carbonyl (C=O) groups is 1. The van der Waals surface area contributed by atoms with E-state index >= 15 is 0 Å². The molecule has 0 heterocycles. The normalized spacial score (nSPS) is 12.7. The first-order valence-electron chi connectivity index (χ1n) is 8.86. The van der Waals surface area contributed by atoms with Gasteiger partial charge in [0, 0.05) is 31.0 Å². The fraction of sp³-hybridized carbons (Fsp3) is 0.333. The molecule has 0 aromatic heterocycles. The highest BCUT2D eigenvalue weighted by Crippen LogP contribution is 2.12. The summed E-state index contributed by atoms with van der Waals surface area (Å²) in [4.78, 5) is 15.9. The van der Waals surface area contributed by atoms with Crippen LogP contribution in [0.5, 0.6) is 0 Å². The first-order chi connectivity index (χ1) is 12.4. The van der Waals surface area contributed by atoms with Crippen molar-refractivity contribution >= 4 is 17.3 Å². The zero-order valence-electron chi connectivity index (χ0n) is 15.9. The van der Waals surface area contributed by atoms with E-state index in [1.54, 1.807) is 24.3 Å². The van der Waals surface area contributed by atoms with E-state index in [0.717, 1.165) is 13.1 Å². The third-order valence-corrected chi connectivity index (χ3v) is 4.63. The fourth-order valence-electron chi connectivity index (χ4n) is 2.82. The lowest BCUT2D eigenvalue weighted by atomic mass is 10.1. The summed E-state index contributed by atoms with van der Waals surface area (Å²) in [6, 6.07) is 17.3. The predicted molar refractivity (Wildman–Crippen MR) is 105 cm³/mol. The van der Waals surface area contributed by atoms with Crippen molar-refractivity contribution in [3.05, 3.63) is 59.7 Å². The van der Waals surface area contributed by atoms with E-state index in [9.17, 15) is 4.79 Å². The molecule has 0 aliphatic carbocycles. The molecule has 2 atom stereocenters. The van der Waals surface area contributed by atoms with E-state index in [2.05, 4.69) is 47.5 Å². The molecule has 0 radical (unpaired) electrons. The molecule has 0 aliphatic rings. The Morgan fingerprint density at radius 3 is 2.27 bits per heavy atom. The quantitative estimate of drug-likeness (QED) is 0.803. The molecule has 2 aromatic rings. The van der Waals surface area contributed by atoms with Crippen LogP contribution in [0.25, 0.3) is 0 Å². The van der Waals surface area contributed by atoms with Gasteiger partial charge in [-0.25, -0.2) is 0 Å². The maximum Gasteiger partial charge on any atom is 0.282 e. The first kappa shape index (κ1) is 19.5. The van der Waals surface area contributed by atoms with Crippen LogP contribution < -0.4 is 15.1 Å². The highest BCUT2D eigenvalue weighted by Gasteiger charge is 2.24. The zero-order valence-corrected chi connectivity index (χ0v) is 15.9. The maximum absolute atomic E-state index is 12.6. The molecular formula is C21H27N4O+. The minimum Gasteiger partial charge on any atom is -0.378 e. The largest absolute Gasteiger partial charge is 0.378 e. The monoisotopic (exact) mass is 351 g/mol. The van der Waals surface area contributed by atoms with Crippen LogP contribution in [0.15, 0.2) is 48.5 Å². The molecule has 1 amide bonds. The molecule has 0 saturated carbocycles. The predicted octanol–water partition coefficient (Wildman–Crippen LogP) is 2.06. The number of quaternary nitrogens is 1. The van der Waals surface area contributed by atoms with E-state index in [1.165, 1.54) is 16.2 Å². The Labute approximate surface area is 155 Å². The number of likely N-dealkylation sites (N-methyl/N-ethyl adjacent to an activating group) is 1. The van der Waals surface area contributed by atoms with Gasteiger partial charge in [-0.15, -0.1) is 0 Å². The molecule has 0 bridgehead atoms. The number of hydrogen-bond acceptors (Lipinski definition) is 3. The van der Waals surface area contributed by atoms with Crippen molar-refractivity contribution in [2.45, 2.75) is 26.4 Å². The Morgan fingerprint density at radius 1 is 1.15 bits per heavy atom. The number of hydrogen-bond donors (Lipinski definition) is 2. The minimum absolute atomic E-state index is 0.0172. The zero-order chi connectivity index (χ0) is 19.1. The number of nitriles is 1. The van der Waals surface area contributed by atoms with Gasteiger partial charge in [-0.1, -0.05) is 12.1 Å². The number of rotatable bonds is 7. The molecule has 26 heavy (non-hydrogen) atoms. The number of carbonyl (C=O) groups excluding carboxylic acids is 1. The van der Waals surface area contributed by atoms with Gasteiger partial charge in [0.15, 0.2) is 6.04 Å². The van der Waals surface area contributed by atoms with Gasteiger partial charge in [0.1, 0.15) is 6.54 Å². The lowest BCUT2D eigenvalue weighted by molar-refractivity contribution is -0.925. The molecule has 0 spiro atoms. The van der Waals surface area contributed by atoms with Crippen molar-refractivity contribution < 1.29 is 9.69 Å². The minimum atomic E-state index is -0.177. The highest BCUT2D eigenvalue weighted by molar-refractivity contribution is 5.93. The van der Waals surface area contributed by atoms with Gasteiger partial charge in [0.2, 0.25) is 0 Å². The number of nitrogens with zero attached hydrogens (tertiary/aromatic N) is 2. The molecular weight excluding hydrogens is 324 g/mol. The summed E-state index contributed by atoms with van der Waals surface area (Å²) in [7, 11) is 4.04. The summed E-state index contributed by atoms with van der Waals surface area (Å²) in [5.41, 5.74) is 3.67. The van der Waals surface area contributed by atoms with Crippen molar-refractivity contribution in [2.24, 2.45) is 0 Å². The Bertz CT molecular complexity index is 760. The second kappa shape index (κ2) is 9.02. The van der Waals surface area contributed by atoms with Gasteiger partial charge >= 0.3 is 0 Å². The Hall–Kier alpha value is -2.84. The van der Waals surface area contributed by atoms with Crippen LogP contribution in [0.3, 0.4) is 0 Å². The maximum atomic E-state index is 12.6. The van der Waals surface area contributed by atoms with Crippen LogP contribution >= 0.6 is 0 Å². The van der Waals surface area contributed by atoms with E-state index in [0.29, 0.717) is 11.3 Å². The second-order valence-electron chi connectivity index (χ2n) is 6.65. The topological polar surface area (TPSA) is 60.6 Å². The lowest BCUT2D eigenvalue weighted by Crippen LogP contribution is -3.15. The molecule has 2 aromatic carbocycles. The molecule has 0 aliphatic heterocycles. The summed E-state index contributed by atoms with van der Waals surface area (Å²) in [5, 5.41) is 11.8. The third kappa shape index (κ3) is 5.08. The van der Waals surface area contributed by atoms with Crippen LogP contribution in [0.1, 0.15) is 25.0 Å². The van der Waals surface area contributed by atoms with Crippen molar-refractivity contribution in [3.8, 4) is 6.07 Å². The van der Waals surface area contributed by atoms with E-state index in [1.807, 2.05) is 21.0 Å². The number of benzene rings is 2. The van der Waals surface area contributed by atoms with Crippen LogP contribution in [0.4, 0.5) is 11.4 Å². The van der Waals surface area contributed by atoms with Crippen LogP contribution in [0, 0.1) is 11.3 Å². The second-order valence-corrected chi connectivity index (χ2v) is 6.65. The van der Waals surface area contributed by atoms with Gasteiger partial charge in [-0.05, 0) is 50.2 Å². The average Bonchev–Trinajstić information content (AvgIpc) is 2.66. The molecule has 1 unspecified atom stereocenters. The third-order valence-electron chi connectivity index (χ3n) is 4.63. The molecule has 2 rings (SSSR count). The summed E-state index contributed by atoms with van der Waals surface area (Å²) >= 11 is 0. The standard InChI is InChI=1S/C21H26N4O/c1-5-25(15-18-8-12-20(13-9-18)24(3)4)16(2)21(26)23-19-10-6-17(14-22)7-11-19/h6-13,16H,5,15H2,1-4H3,(H,23,26)/p+1/t16-/m1/s1. The lowest BCUT2D eigenvalue weighted by Gasteiger charge is -2.24. The number of anilines is 2. The summed E-state index contributed by atoms with van der Waals surface area (Å²) < 4.78 is 0. The number of nitrogens with one attached hydrogen (secondary N) is 2. The van der Waals surface area contributed by atoms with E-state index < -0.39 is 0 Å². The first-order valence-corrected chi connectivity index (χ1v) is 8.86. The SMILES string of the molecule is CC[NH+](Cc1ccc(N(C)C)cc1)[C@H](C)C(=O)Nc1ccc(C#N)cc1. The molecule has 5 heteroatoms. The van der Waals surface area contributed by atoms with Gasteiger partial charge in [-0.3, -0.25) is 4.79 Å². The smallest absolute Gasteiger partial charge is 0.282 e. The molecule has 136 valence electrons. The van der Waals surface area contributed by atoms with Crippen molar-refractivity contribution in [3.63, 3.8) is 0 Å². The van der Waals surface area contributed by atoms with Crippen molar-refractivity contribution in [2.75, 3.05) is 30.9 Å². The highest BCUT2D eigenvalue weighted by atomic mass is 16.2. The van der Waals surface area contributed by atoms with E-state index in [4.69, 9.17) is 5.26 Å². The molecule has 5 nitrogen and oxygen atoms in total. The van der Waals surface area contributed by atoms with Crippen molar-refractivity contribution in [1.82, 2.24) is 0 Å². The Balaban J connectivity index is 2.00. The van der Waals surface area contributed by atoms with Crippen LogP contribution in [-0.4, -0.2) is 32.6 Å². The number of amides is 1. The molecule has 0 fully saturated rings. The average molecular weight is 351 g/mol. The molecule has 0 saturated heterocycles. The van der Waals surface area contributed by atoms with Crippen molar-refractivity contribution in [1.29, 1.82) is 5.26 Å². The van der Waals surface area contributed by atoms with Crippen LogP contribution in [0.2, 0.25) is 0 Å². The molecule has 2 N–H and O–H groups in total. The van der Waals surface area contributed by atoms with Gasteiger partial charge in [0.25, 0.3) is 5.91 Å². The summed E-state index contributed by atoms with van der Waals surface area (Å²) in [5.74, 6) is -0.0172. The fourth-order valence-corrected chi connectivity index (χ4v) is 2.82. The Kier molecular flexibility index (Phi) is 6.76. The summed E-state index contributed by atoms with van der Waals surface area (Å²) in [6.07, 6.45) is 0. The van der Waals surface area contributed by atoms with E-state index in [-0.39, 0.29) is 11.9 Å². The van der Waals surface area contributed by atoms with Gasteiger partial charge in [0.05, 0.1) is 18.2 Å². The van der Waals surface area contributed by atoms with Gasteiger partial charge < -0.3 is 15.1 Å². The summed E-state index contributed by atoms with van der Waals surface area (Å²) in [6.45, 7) is 5.70. The van der Waals surface area contributed by atoms with Crippen LogP contribution in [-0.2, 0) is 11.3 Å².